The number of aliphatic hydroxyl groups is 1. The van der Waals surface area contributed by atoms with Crippen LogP contribution in [0, 0.1) is 11.8 Å². The maximum Gasteiger partial charge on any atom is 0.168 e. The Labute approximate surface area is 150 Å². The fourth-order valence-electron chi connectivity index (χ4n) is 4.04. The molecule has 0 spiro atoms. The first-order valence-corrected chi connectivity index (χ1v) is 9.57. The molecule has 1 aliphatic carbocycles. The zero-order chi connectivity index (χ0) is 17.5. The Balaban J connectivity index is 1.76. The molecule has 2 heteroatoms. The van der Waals surface area contributed by atoms with Crippen LogP contribution in [0.3, 0.4) is 0 Å². The summed E-state index contributed by atoms with van der Waals surface area (Å²) in [7, 11) is 0. The number of rotatable bonds is 7. The Morgan fingerprint density at radius 3 is 2.16 bits per heavy atom. The van der Waals surface area contributed by atoms with Crippen LogP contribution in [0.1, 0.15) is 54.4 Å². The fraction of sp³-hybridized carbons (Fsp3) is 0.435. The summed E-state index contributed by atoms with van der Waals surface area (Å²) in [6.45, 7) is 0. The van der Waals surface area contributed by atoms with Gasteiger partial charge in [-0.15, -0.1) is 0 Å². The van der Waals surface area contributed by atoms with Crippen molar-refractivity contribution in [3.8, 4) is 0 Å². The Morgan fingerprint density at radius 1 is 0.920 bits per heavy atom. The molecule has 0 aliphatic heterocycles. The molecule has 2 aromatic carbocycles. The molecule has 1 aliphatic rings. The van der Waals surface area contributed by atoms with E-state index in [1.165, 1.54) is 24.8 Å². The minimum atomic E-state index is -0.531. The molecule has 1 N–H and O–H groups in total. The Bertz CT molecular complexity index is 644. The molecular formula is C23H28O2. The molecule has 1 saturated carbocycles. The SMILES string of the molecule is O=C(c1ccccc1)[C@@H](CCc1ccccc1)[C@H](O)C1CCCCC1. The normalized spacial score (nSPS) is 17.8. The maximum atomic E-state index is 13.1. The number of benzene rings is 2. The van der Waals surface area contributed by atoms with E-state index < -0.39 is 6.10 Å². The molecule has 3 rings (SSSR count). The molecule has 0 aromatic heterocycles. The first kappa shape index (κ1) is 17.9. The molecule has 0 radical (unpaired) electrons. The van der Waals surface area contributed by atoms with Gasteiger partial charge in [0.2, 0.25) is 0 Å². The summed E-state index contributed by atoms with van der Waals surface area (Å²) < 4.78 is 0. The molecule has 0 amide bonds. The van der Waals surface area contributed by atoms with Crippen LogP contribution in [0.4, 0.5) is 0 Å². The third-order valence-corrected chi connectivity index (χ3v) is 5.53. The summed E-state index contributed by atoms with van der Waals surface area (Å²) in [6.07, 6.45) is 6.69. The Kier molecular flexibility index (Phi) is 6.41. The summed E-state index contributed by atoms with van der Waals surface area (Å²) in [5, 5.41) is 11.0. The van der Waals surface area contributed by atoms with Gasteiger partial charge in [0.1, 0.15) is 0 Å². The second-order valence-electron chi connectivity index (χ2n) is 7.25. The van der Waals surface area contributed by atoms with Gasteiger partial charge in [0.15, 0.2) is 5.78 Å². The molecule has 25 heavy (non-hydrogen) atoms. The van der Waals surface area contributed by atoms with Crippen molar-refractivity contribution in [2.75, 3.05) is 0 Å². The van der Waals surface area contributed by atoms with E-state index in [9.17, 15) is 9.90 Å². The molecule has 2 atom stereocenters. The van der Waals surface area contributed by atoms with Gasteiger partial charge < -0.3 is 5.11 Å². The highest BCUT2D eigenvalue weighted by Crippen LogP contribution is 2.32. The average molecular weight is 336 g/mol. The van der Waals surface area contributed by atoms with Crippen molar-refractivity contribution < 1.29 is 9.90 Å². The molecule has 0 saturated heterocycles. The van der Waals surface area contributed by atoms with Crippen LogP contribution >= 0.6 is 0 Å². The van der Waals surface area contributed by atoms with Gasteiger partial charge in [-0.2, -0.15) is 0 Å². The lowest BCUT2D eigenvalue weighted by Crippen LogP contribution is -2.36. The van der Waals surface area contributed by atoms with E-state index in [4.69, 9.17) is 0 Å². The second kappa shape index (κ2) is 8.96. The number of aliphatic hydroxyl groups excluding tert-OH is 1. The van der Waals surface area contributed by atoms with Crippen molar-refractivity contribution >= 4 is 5.78 Å². The summed E-state index contributed by atoms with van der Waals surface area (Å²) in [5.74, 6) is 0.0440. The van der Waals surface area contributed by atoms with Crippen LogP contribution in [0.25, 0.3) is 0 Å². The molecular weight excluding hydrogens is 308 g/mol. The number of ketones is 1. The third-order valence-electron chi connectivity index (χ3n) is 5.53. The zero-order valence-electron chi connectivity index (χ0n) is 14.8. The van der Waals surface area contributed by atoms with Crippen molar-refractivity contribution in [2.24, 2.45) is 11.8 Å². The van der Waals surface area contributed by atoms with Crippen molar-refractivity contribution in [1.82, 2.24) is 0 Å². The van der Waals surface area contributed by atoms with Crippen molar-refractivity contribution in [3.05, 3.63) is 71.8 Å². The molecule has 2 nitrogen and oxygen atoms in total. The molecule has 1 fully saturated rings. The van der Waals surface area contributed by atoms with Gasteiger partial charge >= 0.3 is 0 Å². The average Bonchev–Trinajstić information content (AvgIpc) is 2.70. The number of carbonyl (C=O) groups is 1. The lowest BCUT2D eigenvalue weighted by atomic mass is 9.76. The lowest BCUT2D eigenvalue weighted by Gasteiger charge is -2.32. The van der Waals surface area contributed by atoms with Gasteiger partial charge in [-0.3, -0.25) is 4.79 Å². The van der Waals surface area contributed by atoms with E-state index in [-0.39, 0.29) is 17.6 Å². The van der Waals surface area contributed by atoms with Crippen LogP contribution in [-0.4, -0.2) is 17.0 Å². The molecule has 0 unspecified atom stereocenters. The maximum absolute atomic E-state index is 13.1. The summed E-state index contributed by atoms with van der Waals surface area (Å²) >= 11 is 0. The fourth-order valence-corrected chi connectivity index (χ4v) is 4.04. The summed E-state index contributed by atoms with van der Waals surface area (Å²) in [4.78, 5) is 13.1. The summed E-state index contributed by atoms with van der Waals surface area (Å²) in [5.41, 5.74) is 1.94. The van der Waals surface area contributed by atoms with E-state index in [0.29, 0.717) is 6.42 Å². The highest BCUT2D eigenvalue weighted by atomic mass is 16.3. The number of hydrogen-bond donors (Lipinski definition) is 1. The number of carbonyl (C=O) groups excluding carboxylic acids is 1. The molecule has 132 valence electrons. The highest BCUT2D eigenvalue weighted by molar-refractivity contribution is 5.98. The quantitative estimate of drug-likeness (QED) is 0.718. The van der Waals surface area contributed by atoms with Crippen molar-refractivity contribution in [2.45, 2.75) is 51.0 Å². The van der Waals surface area contributed by atoms with E-state index in [1.807, 2.05) is 48.5 Å². The van der Waals surface area contributed by atoms with Crippen molar-refractivity contribution in [1.29, 1.82) is 0 Å². The standard InChI is InChI=1S/C23H28O2/c24-22(19-12-6-2-7-13-19)21(17-16-18-10-4-1-5-11-18)23(25)20-14-8-3-9-15-20/h1-2,4-7,10-13,20-21,23,25H,3,8-9,14-17H2/t21-,23-/m1/s1. The van der Waals surface area contributed by atoms with Crippen LogP contribution in [0.15, 0.2) is 60.7 Å². The van der Waals surface area contributed by atoms with Crippen LogP contribution in [-0.2, 0) is 6.42 Å². The van der Waals surface area contributed by atoms with Crippen LogP contribution in [0.2, 0.25) is 0 Å². The Morgan fingerprint density at radius 2 is 1.52 bits per heavy atom. The van der Waals surface area contributed by atoms with Crippen LogP contribution < -0.4 is 0 Å². The minimum Gasteiger partial charge on any atom is -0.392 e. The van der Waals surface area contributed by atoms with Crippen LogP contribution in [0.5, 0.6) is 0 Å². The molecule has 2 aromatic rings. The summed E-state index contributed by atoms with van der Waals surface area (Å²) in [6, 6.07) is 19.7. The third kappa shape index (κ3) is 4.79. The smallest absolute Gasteiger partial charge is 0.168 e. The predicted octanol–water partition coefficient (Wildman–Crippen LogP) is 5.06. The van der Waals surface area contributed by atoms with E-state index in [0.717, 1.165) is 24.8 Å². The second-order valence-corrected chi connectivity index (χ2v) is 7.25. The van der Waals surface area contributed by atoms with Gasteiger partial charge in [0.25, 0.3) is 0 Å². The predicted molar refractivity (Wildman–Crippen MR) is 102 cm³/mol. The van der Waals surface area contributed by atoms with E-state index >= 15 is 0 Å². The van der Waals surface area contributed by atoms with Gasteiger partial charge in [-0.1, -0.05) is 79.9 Å². The van der Waals surface area contributed by atoms with Gasteiger partial charge in [-0.25, -0.2) is 0 Å². The zero-order valence-corrected chi connectivity index (χ0v) is 14.8. The number of hydrogen-bond acceptors (Lipinski definition) is 2. The highest BCUT2D eigenvalue weighted by Gasteiger charge is 2.33. The number of aryl methyl sites for hydroxylation is 1. The Hall–Kier alpha value is -1.93. The van der Waals surface area contributed by atoms with E-state index in [1.54, 1.807) is 0 Å². The first-order chi connectivity index (χ1) is 12.3. The molecule has 0 heterocycles. The van der Waals surface area contributed by atoms with E-state index in [2.05, 4.69) is 12.1 Å². The van der Waals surface area contributed by atoms with Gasteiger partial charge in [0, 0.05) is 11.5 Å². The number of Topliss-reactive ketones (excluding diaryl/α,β-unsaturated/α-hetero) is 1. The minimum absolute atomic E-state index is 0.0922. The largest absolute Gasteiger partial charge is 0.392 e. The lowest BCUT2D eigenvalue weighted by molar-refractivity contribution is 0.0286. The van der Waals surface area contributed by atoms with Crippen molar-refractivity contribution in [3.63, 3.8) is 0 Å². The topological polar surface area (TPSA) is 37.3 Å². The van der Waals surface area contributed by atoms with Gasteiger partial charge in [-0.05, 0) is 37.2 Å². The first-order valence-electron chi connectivity index (χ1n) is 9.57. The monoisotopic (exact) mass is 336 g/mol. The van der Waals surface area contributed by atoms with Gasteiger partial charge in [0.05, 0.1) is 6.10 Å². The molecule has 0 bridgehead atoms.